The van der Waals surface area contributed by atoms with E-state index in [0.29, 0.717) is 0 Å². The van der Waals surface area contributed by atoms with Gasteiger partial charge in [0.15, 0.2) is 0 Å². The smallest absolute Gasteiger partial charge is 0.122 e. The minimum atomic E-state index is 0.825. The van der Waals surface area contributed by atoms with Gasteiger partial charge in [-0.05, 0) is 28.9 Å². The molecular weight excluding hydrogens is 254 g/mol. The highest BCUT2D eigenvalue weighted by Gasteiger charge is 2.07. The number of imidazole rings is 1. The van der Waals surface area contributed by atoms with Crippen molar-refractivity contribution in [1.29, 1.82) is 0 Å². The fourth-order valence-electron chi connectivity index (χ4n) is 2.23. The van der Waals surface area contributed by atoms with E-state index >= 15 is 0 Å². The van der Waals surface area contributed by atoms with Crippen molar-refractivity contribution >= 4 is 21.4 Å². The summed E-state index contributed by atoms with van der Waals surface area (Å²) in [4.78, 5) is 4.42. The van der Waals surface area contributed by atoms with Gasteiger partial charge < -0.3 is 9.88 Å². The quantitative estimate of drug-likeness (QED) is 0.772. The molecular formula is C15H17N3S. The van der Waals surface area contributed by atoms with Gasteiger partial charge in [0.2, 0.25) is 0 Å². The van der Waals surface area contributed by atoms with Gasteiger partial charge in [0.05, 0.1) is 13.1 Å². The van der Waals surface area contributed by atoms with E-state index in [1.54, 1.807) is 0 Å². The first kappa shape index (κ1) is 12.4. The SMILES string of the molecule is CCNCc1nccn1Cc1csc2ccccc12. The van der Waals surface area contributed by atoms with E-state index in [0.717, 1.165) is 25.5 Å². The first-order chi connectivity index (χ1) is 9.38. The lowest BCUT2D eigenvalue weighted by Crippen LogP contribution is -2.16. The second kappa shape index (κ2) is 5.55. The molecule has 0 spiro atoms. The van der Waals surface area contributed by atoms with E-state index in [1.807, 2.05) is 17.5 Å². The van der Waals surface area contributed by atoms with Gasteiger partial charge >= 0.3 is 0 Å². The molecule has 0 atom stereocenters. The Balaban J connectivity index is 1.87. The second-order valence-corrected chi connectivity index (χ2v) is 5.42. The Kier molecular flexibility index (Phi) is 3.62. The van der Waals surface area contributed by atoms with E-state index in [2.05, 4.69) is 57.6 Å². The average Bonchev–Trinajstić information content (AvgIpc) is 3.05. The van der Waals surface area contributed by atoms with Crippen LogP contribution < -0.4 is 5.32 Å². The molecule has 3 aromatic rings. The number of thiophene rings is 1. The van der Waals surface area contributed by atoms with Gasteiger partial charge in [-0.25, -0.2) is 4.98 Å². The molecule has 98 valence electrons. The molecule has 4 heteroatoms. The van der Waals surface area contributed by atoms with E-state index in [9.17, 15) is 0 Å². The zero-order valence-corrected chi connectivity index (χ0v) is 11.8. The summed E-state index contributed by atoms with van der Waals surface area (Å²) < 4.78 is 3.57. The molecule has 19 heavy (non-hydrogen) atoms. The Morgan fingerprint density at radius 1 is 1.32 bits per heavy atom. The topological polar surface area (TPSA) is 29.9 Å². The van der Waals surface area contributed by atoms with Crippen LogP contribution in [0.4, 0.5) is 0 Å². The number of nitrogens with one attached hydrogen (secondary N) is 1. The van der Waals surface area contributed by atoms with Crippen LogP contribution in [0.2, 0.25) is 0 Å². The van der Waals surface area contributed by atoms with Crippen LogP contribution in [-0.2, 0) is 13.1 Å². The molecule has 0 aliphatic rings. The highest BCUT2D eigenvalue weighted by atomic mass is 32.1. The lowest BCUT2D eigenvalue weighted by atomic mass is 10.2. The highest BCUT2D eigenvalue weighted by molar-refractivity contribution is 7.17. The maximum atomic E-state index is 4.42. The molecule has 1 N–H and O–H groups in total. The lowest BCUT2D eigenvalue weighted by molar-refractivity contribution is 0.641. The van der Waals surface area contributed by atoms with Crippen LogP contribution in [0.15, 0.2) is 42.0 Å². The number of nitrogens with zero attached hydrogens (tertiary/aromatic N) is 2. The van der Waals surface area contributed by atoms with E-state index in [4.69, 9.17) is 0 Å². The second-order valence-electron chi connectivity index (χ2n) is 4.51. The minimum Gasteiger partial charge on any atom is -0.329 e. The van der Waals surface area contributed by atoms with Gasteiger partial charge in [-0.1, -0.05) is 25.1 Å². The van der Waals surface area contributed by atoms with Crippen molar-refractivity contribution in [3.8, 4) is 0 Å². The van der Waals surface area contributed by atoms with Crippen LogP contribution >= 0.6 is 11.3 Å². The minimum absolute atomic E-state index is 0.825. The van der Waals surface area contributed by atoms with Crippen molar-refractivity contribution in [2.75, 3.05) is 6.54 Å². The largest absolute Gasteiger partial charge is 0.329 e. The van der Waals surface area contributed by atoms with Crippen molar-refractivity contribution in [3.05, 3.63) is 53.4 Å². The molecule has 0 bridgehead atoms. The Labute approximate surface area is 116 Å². The zero-order chi connectivity index (χ0) is 13.1. The Bertz CT molecular complexity index is 669. The van der Waals surface area contributed by atoms with Crippen molar-refractivity contribution < 1.29 is 0 Å². The fourth-order valence-corrected chi connectivity index (χ4v) is 3.18. The van der Waals surface area contributed by atoms with Gasteiger partial charge in [0.1, 0.15) is 5.82 Å². The summed E-state index contributed by atoms with van der Waals surface area (Å²) in [6.45, 7) is 4.80. The molecule has 2 aromatic heterocycles. The first-order valence-electron chi connectivity index (χ1n) is 6.54. The first-order valence-corrected chi connectivity index (χ1v) is 7.42. The standard InChI is InChI=1S/C15H17N3S/c1-2-16-9-15-17-7-8-18(15)10-12-11-19-14-6-4-3-5-13(12)14/h3-8,11,16H,2,9-10H2,1H3. The monoisotopic (exact) mass is 271 g/mol. The summed E-state index contributed by atoms with van der Waals surface area (Å²) in [6, 6.07) is 8.57. The zero-order valence-electron chi connectivity index (χ0n) is 11.0. The molecule has 0 fully saturated rings. The summed E-state index contributed by atoms with van der Waals surface area (Å²) in [5.41, 5.74) is 1.37. The third-order valence-corrected chi connectivity index (χ3v) is 4.25. The van der Waals surface area contributed by atoms with Gasteiger partial charge in [-0.2, -0.15) is 0 Å². The van der Waals surface area contributed by atoms with E-state index in [1.165, 1.54) is 15.6 Å². The molecule has 0 aliphatic heterocycles. The van der Waals surface area contributed by atoms with Crippen molar-refractivity contribution in [2.24, 2.45) is 0 Å². The summed E-state index contributed by atoms with van der Waals surface area (Å²) in [6.07, 6.45) is 3.93. The molecule has 0 saturated heterocycles. The van der Waals surface area contributed by atoms with Crippen molar-refractivity contribution in [1.82, 2.24) is 14.9 Å². The van der Waals surface area contributed by atoms with Crippen molar-refractivity contribution in [2.45, 2.75) is 20.0 Å². The number of rotatable bonds is 5. The number of hydrogen-bond acceptors (Lipinski definition) is 3. The summed E-state index contributed by atoms with van der Waals surface area (Å²) in [7, 11) is 0. The Morgan fingerprint density at radius 2 is 2.21 bits per heavy atom. The predicted octanol–water partition coefficient (Wildman–Crippen LogP) is 3.26. The maximum absolute atomic E-state index is 4.42. The number of benzene rings is 1. The molecule has 0 amide bonds. The van der Waals surface area contributed by atoms with Gasteiger partial charge in [0.25, 0.3) is 0 Å². The Hall–Kier alpha value is -1.65. The average molecular weight is 271 g/mol. The third-order valence-electron chi connectivity index (χ3n) is 3.24. The maximum Gasteiger partial charge on any atom is 0.122 e. The van der Waals surface area contributed by atoms with E-state index < -0.39 is 0 Å². The van der Waals surface area contributed by atoms with Crippen LogP contribution in [0.3, 0.4) is 0 Å². The van der Waals surface area contributed by atoms with Crippen LogP contribution in [0.1, 0.15) is 18.3 Å². The van der Waals surface area contributed by atoms with Crippen LogP contribution in [0, 0.1) is 0 Å². The lowest BCUT2D eigenvalue weighted by Gasteiger charge is -2.07. The summed E-state index contributed by atoms with van der Waals surface area (Å²) >= 11 is 1.81. The molecule has 0 radical (unpaired) electrons. The molecule has 0 unspecified atom stereocenters. The van der Waals surface area contributed by atoms with E-state index in [-0.39, 0.29) is 0 Å². The van der Waals surface area contributed by atoms with Crippen LogP contribution in [-0.4, -0.2) is 16.1 Å². The normalized spacial score (nSPS) is 11.2. The van der Waals surface area contributed by atoms with Crippen molar-refractivity contribution in [3.63, 3.8) is 0 Å². The molecule has 0 saturated carbocycles. The van der Waals surface area contributed by atoms with Gasteiger partial charge in [0, 0.05) is 17.1 Å². The highest BCUT2D eigenvalue weighted by Crippen LogP contribution is 2.26. The summed E-state index contributed by atoms with van der Waals surface area (Å²) in [5.74, 6) is 1.09. The van der Waals surface area contributed by atoms with Crippen LogP contribution in [0.5, 0.6) is 0 Å². The number of fused-ring (bicyclic) bond motifs is 1. The van der Waals surface area contributed by atoms with Gasteiger partial charge in [-0.3, -0.25) is 0 Å². The molecule has 2 heterocycles. The predicted molar refractivity (Wildman–Crippen MR) is 80.5 cm³/mol. The molecule has 3 rings (SSSR count). The molecule has 3 nitrogen and oxygen atoms in total. The molecule has 0 aliphatic carbocycles. The van der Waals surface area contributed by atoms with Gasteiger partial charge in [-0.15, -0.1) is 11.3 Å². The fraction of sp³-hybridized carbons (Fsp3) is 0.267. The third kappa shape index (κ3) is 2.55. The summed E-state index contributed by atoms with van der Waals surface area (Å²) in [5, 5.41) is 6.94. The van der Waals surface area contributed by atoms with Crippen LogP contribution in [0.25, 0.3) is 10.1 Å². The Morgan fingerprint density at radius 3 is 3.11 bits per heavy atom. The molecule has 1 aromatic carbocycles. The number of aromatic nitrogens is 2. The number of hydrogen-bond donors (Lipinski definition) is 1.